The molecule has 4 aromatic rings. The molecule has 0 amide bonds. The van der Waals surface area contributed by atoms with Crippen molar-refractivity contribution in [3.63, 3.8) is 0 Å². The summed E-state index contributed by atoms with van der Waals surface area (Å²) in [6.45, 7) is 2.01. The normalized spacial score (nSPS) is 17.9. The number of aryl methyl sites for hydroxylation is 1. The maximum Gasteiger partial charge on any atom is 0.174 e. The Labute approximate surface area is 206 Å². The minimum Gasteiger partial charge on any atom is -0.506 e. The third kappa shape index (κ3) is 4.06. The van der Waals surface area contributed by atoms with Crippen LogP contribution < -0.4 is 10.2 Å². The average molecular weight is 496 g/mol. The lowest BCUT2D eigenvalue weighted by atomic mass is 10.0. The average Bonchev–Trinajstić information content (AvgIpc) is 3.42. The van der Waals surface area contributed by atoms with Crippen molar-refractivity contribution >= 4 is 46.2 Å². The van der Waals surface area contributed by atoms with Gasteiger partial charge in [0.2, 0.25) is 0 Å². The number of anilines is 1. The number of rotatable bonds is 4. The minimum atomic E-state index is -0.412. The van der Waals surface area contributed by atoms with Crippen LogP contribution in [0.5, 0.6) is 5.75 Å². The molecule has 3 heterocycles. The van der Waals surface area contributed by atoms with Crippen molar-refractivity contribution in [1.29, 1.82) is 0 Å². The largest absolute Gasteiger partial charge is 0.506 e. The van der Waals surface area contributed by atoms with Gasteiger partial charge in [0.15, 0.2) is 5.11 Å². The summed E-state index contributed by atoms with van der Waals surface area (Å²) in [5, 5.41) is 15.5. The summed E-state index contributed by atoms with van der Waals surface area (Å²) in [6.07, 6.45) is 1.74. The molecule has 166 valence electrons. The number of thiocarbonyl (C=S) groups is 1. The highest BCUT2D eigenvalue weighted by Crippen LogP contribution is 2.46. The molecule has 5 nitrogen and oxygen atoms in total. The number of nitrogens with one attached hydrogen (secondary N) is 1. The summed E-state index contributed by atoms with van der Waals surface area (Å²) in [5.41, 5.74) is 3.24. The van der Waals surface area contributed by atoms with Crippen LogP contribution in [0.25, 0.3) is 11.3 Å². The van der Waals surface area contributed by atoms with Crippen molar-refractivity contribution in [2.45, 2.75) is 19.0 Å². The first-order valence-corrected chi connectivity index (χ1v) is 11.4. The summed E-state index contributed by atoms with van der Waals surface area (Å²) in [6, 6.07) is 19.4. The van der Waals surface area contributed by atoms with Gasteiger partial charge in [0.05, 0.1) is 17.4 Å². The number of phenolic OH excluding ortho intramolecular Hbond substituents is 1. The van der Waals surface area contributed by atoms with E-state index in [2.05, 4.69) is 10.3 Å². The number of furan rings is 1. The highest BCUT2D eigenvalue weighted by Gasteiger charge is 2.43. The van der Waals surface area contributed by atoms with Crippen molar-refractivity contribution in [1.82, 2.24) is 10.3 Å². The van der Waals surface area contributed by atoms with E-state index >= 15 is 0 Å². The lowest BCUT2D eigenvalue weighted by Crippen LogP contribution is -2.29. The zero-order chi connectivity index (χ0) is 23.1. The Morgan fingerprint density at radius 1 is 1.03 bits per heavy atom. The van der Waals surface area contributed by atoms with Crippen LogP contribution in [0, 0.1) is 6.92 Å². The van der Waals surface area contributed by atoms with E-state index in [4.69, 9.17) is 39.8 Å². The third-order valence-corrected chi connectivity index (χ3v) is 6.46. The van der Waals surface area contributed by atoms with Crippen LogP contribution in [0.15, 0.2) is 77.3 Å². The molecule has 2 atom stereocenters. The number of hydrogen-bond acceptors (Lipinski definition) is 4. The molecule has 0 unspecified atom stereocenters. The molecule has 1 saturated heterocycles. The predicted octanol–water partition coefficient (Wildman–Crippen LogP) is 6.84. The van der Waals surface area contributed by atoms with Gasteiger partial charge in [-0.3, -0.25) is 4.98 Å². The maximum atomic E-state index is 10.6. The second-order valence-corrected chi connectivity index (χ2v) is 9.05. The predicted molar refractivity (Wildman–Crippen MR) is 135 cm³/mol. The molecular formula is C25H19Cl2N3O2S. The molecule has 1 aliphatic rings. The van der Waals surface area contributed by atoms with Gasteiger partial charge in [0.1, 0.15) is 23.3 Å². The Balaban J connectivity index is 1.64. The van der Waals surface area contributed by atoms with Crippen LogP contribution in [0.4, 0.5) is 5.69 Å². The topological polar surface area (TPSA) is 61.5 Å². The van der Waals surface area contributed by atoms with Crippen molar-refractivity contribution in [3.8, 4) is 17.1 Å². The Bertz CT molecular complexity index is 1340. The molecule has 0 spiro atoms. The first-order valence-electron chi connectivity index (χ1n) is 10.3. The van der Waals surface area contributed by atoms with Crippen molar-refractivity contribution in [2.24, 2.45) is 0 Å². The summed E-state index contributed by atoms with van der Waals surface area (Å²) < 4.78 is 6.37. The lowest BCUT2D eigenvalue weighted by Gasteiger charge is -2.26. The van der Waals surface area contributed by atoms with Gasteiger partial charge < -0.3 is 19.7 Å². The molecule has 0 aliphatic carbocycles. The number of hydrogen-bond donors (Lipinski definition) is 2. The quantitative estimate of drug-likeness (QED) is 0.302. The van der Waals surface area contributed by atoms with E-state index in [9.17, 15) is 5.11 Å². The SMILES string of the molecule is Cc1ccc(Cl)cc1-c1ccc([C@H]2[C@@H](c3ccccn3)NC(=S)N2c2cc(Cl)ccc2O)o1. The van der Waals surface area contributed by atoms with Crippen LogP contribution >= 0.6 is 35.4 Å². The van der Waals surface area contributed by atoms with Gasteiger partial charge in [-0.2, -0.15) is 0 Å². The first-order chi connectivity index (χ1) is 15.9. The molecule has 5 rings (SSSR count). The number of aromatic nitrogens is 1. The molecule has 0 radical (unpaired) electrons. The second-order valence-electron chi connectivity index (χ2n) is 7.79. The Morgan fingerprint density at radius 2 is 1.82 bits per heavy atom. The Hall–Kier alpha value is -3.06. The highest BCUT2D eigenvalue weighted by atomic mass is 35.5. The molecule has 1 fully saturated rings. The lowest BCUT2D eigenvalue weighted by molar-refractivity contribution is 0.434. The van der Waals surface area contributed by atoms with Crippen molar-refractivity contribution in [2.75, 3.05) is 4.90 Å². The number of nitrogens with zero attached hydrogens (tertiary/aromatic N) is 2. The van der Waals surface area contributed by atoms with Crippen LogP contribution in [0.2, 0.25) is 10.0 Å². The maximum absolute atomic E-state index is 10.6. The molecule has 2 aromatic carbocycles. The number of phenols is 1. The van der Waals surface area contributed by atoms with Gasteiger partial charge >= 0.3 is 0 Å². The van der Waals surface area contributed by atoms with E-state index in [1.54, 1.807) is 24.4 Å². The van der Waals surface area contributed by atoms with Gasteiger partial charge in [-0.1, -0.05) is 35.3 Å². The van der Waals surface area contributed by atoms with E-state index in [1.165, 1.54) is 0 Å². The van der Waals surface area contributed by atoms with Crippen LogP contribution in [0.3, 0.4) is 0 Å². The summed E-state index contributed by atoms with van der Waals surface area (Å²) in [5.74, 6) is 1.41. The van der Waals surface area contributed by atoms with Crippen molar-refractivity contribution in [3.05, 3.63) is 100.0 Å². The van der Waals surface area contributed by atoms with Gasteiger partial charge in [-0.05, 0) is 79.3 Å². The summed E-state index contributed by atoms with van der Waals surface area (Å²) in [4.78, 5) is 6.36. The number of pyridine rings is 1. The smallest absolute Gasteiger partial charge is 0.174 e. The molecule has 2 N–H and O–H groups in total. The monoisotopic (exact) mass is 495 g/mol. The third-order valence-electron chi connectivity index (χ3n) is 5.68. The van der Waals surface area contributed by atoms with Gasteiger partial charge in [0, 0.05) is 21.8 Å². The van der Waals surface area contributed by atoms with Crippen LogP contribution in [-0.4, -0.2) is 15.2 Å². The molecule has 2 aromatic heterocycles. The Morgan fingerprint density at radius 3 is 2.61 bits per heavy atom. The van der Waals surface area contributed by atoms with E-state index in [0.29, 0.717) is 32.4 Å². The van der Waals surface area contributed by atoms with Gasteiger partial charge in [0.25, 0.3) is 0 Å². The van der Waals surface area contributed by atoms with Gasteiger partial charge in [-0.15, -0.1) is 0 Å². The number of benzene rings is 2. The van der Waals surface area contributed by atoms with Crippen LogP contribution in [0.1, 0.15) is 29.1 Å². The second kappa shape index (κ2) is 8.71. The first kappa shape index (κ1) is 21.8. The van der Waals surface area contributed by atoms with E-state index in [-0.39, 0.29) is 11.8 Å². The molecular weight excluding hydrogens is 477 g/mol. The van der Waals surface area contributed by atoms with Crippen molar-refractivity contribution < 1.29 is 9.52 Å². The van der Waals surface area contributed by atoms with Crippen LogP contribution in [-0.2, 0) is 0 Å². The summed E-state index contributed by atoms with van der Waals surface area (Å²) in [7, 11) is 0. The molecule has 1 aliphatic heterocycles. The van der Waals surface area contributed by atoms with E-state index in [1.807, 2.05) is 60.4 Å². The fraction of sp³-hybridized carbons (Fsp3) is 0.120. The highest BCUT2D eigenvalue weighted by molar-refractivity contribution is 7.80. The number of aromatic hydroxyl groups is 1. The fourth-order valence-corrected chi connectivity index (χ4v) is 4.79. The minimum absolute atomic E-state index is 0.0627. The Kier molecular flexibility index (Phi) is 5.74. The zero-order valence-corrected chi connectivity index (χ0v) is 19.8. The zero-order valence-electron chi connectivity index (χ0n) is 17.5. The standard InChI is InChI=1S/C25H19Cl2N3O2S/c1-14-5-6-15(26)12-17(14)21-9-10-22(32-21)24-23(18-4-2-3-11-28-18)29-25(33)30(24)19-13-16(27)7-8-20(19)31/h2-13,23-24,31H,1H3,(H,29,33)/t23-,24+/m1/s1. The number of halogens is 2. The molecule has 0 bridgehead atoms. The summed E-state index contributed by atoms with van der Waals surface area (Å²) >= 11 is 18.2. The molecule has 0 saturated carbocycles. The molecule has 33 heavy (non-hydrogen) atoms. The van der Waals surface area contributed by atoms with E-state index < -0.39 is 6.04 Å². The van der Waals surface area contributed by atoms with E-state index in [0.717, 1.165) is 16.8 Å². The molecule has 8 heteroatoms. The van der Waals surface area contributed by atoms with Gasteiger partial charge in [-0.25, -0.2) is 0 Å². The fourth-order valence-electron chi connectivity index (χ4n) is 4.11.